The van der Waals surface area contributed by atoms with E-state index in [9.17, 15) is 13.2 Å². The molecule has 34 heavy (non-hydrogen) atoms. The molecule has 3 aromatic rings. The Bertz CT molecular complexity index is 1150. The van der Waals surface area contributed by atoms with E-state index in [1.165, 1.54) is 18.2 Å². The van der Waals surface area contributed by atoms with Gasteiger partial charge in [-0.3, -0.25) is 0 Å². The van der Waals surface area contributed by atoms with Gasteiger partial charge in [0.1, 0.15) is 23.2 Å². The highest BCUT2D eigenvalue weighted by Crippen LogP contribution is 2.23. The first-order chi connectivity index (χ1) is 16.4. The maximum Gasteiger partial charge on any atom is 0.133 e. The van der Waals surface area contributed by atoms with E-state index >= 15 is 0 Å². The molecular weight excluding hydrogens is 433 g/mol. The molecule has 3 rings (SSSR count). The third-order valence-electron chi connectivity index (χ3n) is 5.85. The number of ether oxygens (including phenoxy) is 1. The van der Waals surface area contributed by atoms with Gasteiger partial charge in [-0.15, -0.1) is 0 Å². The number of hydrogen-bond donors (Lipinski definition) is 0. The number of benzene rings is 3. The van der Waals surface area contributed by atoms with E-state index in [1.54, 1.807) is 13.0 Å². The van der Waals surface area contributed by atoms with Crippen molar-refractivity contribution in [3.63, 3.8) is 0 Å². The second kappa shape index (κ2) is 12.3. The van der Waals surface area contributed by atoms with Gasteiger partial charge < -0.3 is 4.74 Å². The van der Waals surface area contributed by atoms with Crippen molar-refractivity contribution in [3.8, 4) is 17.6 Å². The summed E-state index contributed by atoms with van der Waals surface area (Å²) in [6.07, 6.45) is 4.94. The van der Waals surface area contributed by atoms with Crippen LogP contribution in [-0.4, -0.2) is 6.61 Å². The van der Waals surface area contributed by atoms with Gasteiger partial charge >= 0.3 is 0 Å². The zero-order chi connectivity index (χ0) is 24.5. The van der Waals surface area contributed by atoms with Crippen LogP contribution in [0.15, 0.2) is 48.5 Å². The molecule has 0 amide bonds. The van der Waals surface area contributed by atoms with E-state index in [4.69, 9.17) is 4.74 Å². The summed E-state index contributed by atoms with van der Waals surface area (Å²) in [6, 6.07) is 13.3. The molecular formula is C30H31F3O. The summed E-state index contributed by atoms with van der Waals surface area (Å²) < 4.78 is 48.3. The van der Waals surface area contributed by atoms with Crippen LogP contribution in [0.5, 0.6) is 5.75 Å². The van der Waals surface area contributed by atoms with Gasteiger partial charge in [0.15, 0.2) is 0 Å². The average molecular weight is 465 g/mol. The predicted molar refractivity (Wildman–Crippen MR) is 132 cm³/mol. The molecule has 0 aliphatic rings. The summed E-state index contributed by atoms with van der Waals surface area (Å²) in [4.78, 5) is 0. The summed E-state index contributed by atoms with van der Waals surface area (Å²) >= 11 is 0. The van der Waals surface area contributed by atoms with Crippen LogP contribution in [0.2, 0.25) is 0 Å². The van der Waals surface area contributed by atoms with Crippen LogP contribution in [-0.2, 0) is 12.8 Å². The number of hydrogen-bond acceptors (Lipinski definition) is 1. The first-order valence-electron chi connectivity index (χ1n) is 11.9. The Labute approximate surface area is 201 Å². The van der Waals surface area contributed by atoms with Gasteiger partial charge in [-0.05, 0) is 68.0 Å². The first kappa shape index (κ1) is 25.4. The van der Waals surface area contributed by atoms with E-state index in [0.717, 1.165) is 42.4 Å². The van der Waals surface area contributed by atoms with Crippen LogP contribution in [0.3, 0.4) is 0 Å². The van der Waals surface area contributed by atoms with Crippen molar-refractivity contribution < 1.29 is 17.9 Å². The molecule has 0 radical (unpaired) electrons. The highest BCUT2D eigenvalue weighted by Gasteiger charge is 2.12. The van der Waals surface area contributed by atoms with Crippen LogP contribution in [0.1, 0.15) is 66.0 Å². The molecule has 0 aromatic heterocycles. The second-order valence-corrected chi connectivity index (χ2v) is 8.64. The lowest BCUT2D eigenvalue weighted by atomic mass is 10.0. The lowest BCUT2D eigenvalue weighted by molar-refractivity contribution is 0.301. The largest absolute Gasteiger partial charge is 0.493 e. The molecule has 178 valence electrons. The smallest absolute Gasteiger partial charge is 0.133 e. The third-order valence-corrected chi connectivity index (χ3v) is 5.85. The fourth-order valence-corrected chi connectivity index (χ4v) is 3.74. The summed E-state index contributed by atoms with van der Waals surface area (Å²) in [5.41, 5.74) is 4.01. The zero-order valence-electron chi connectivity index (χ0n) is 20.1. The molecule has 0 spiro atoms. The van der Waals surface area contributed by atoms with Crippen molar-refractivity contribution in [2.75, 3.05) is 6.61 Å². The average Bonchev–Trinajstić information content (AvgIpc) is 2.80. The topological polar surface area (TPSA) is 9.23 Å². The van der Waals surface area contributed by atoms with Gasteiger partial charge in [-0.25, -0.2) is 13.2 Å². The molecule has 1 nitrogen and oxygen atoms in total. The van der Waals surface area contributed by atoms with Crippen LogP contribution in [0, 0.1) is 43.1 Å². The molecule has 0 heterocycles. The SMILES string of the molecule is CCCCCCOc1cc(F)c(CCc2ccc(C#Cc3cc(F)c(C)cc3C)cc2)c(F)c1. The number of unbranched alkanes of at least 4 members (excludes halogenated alkanes) is 3. The third kappa shape index (κ3) is 7.15. The summed E-state index contributed by atoms with van der Waals surface area (Å²) in [7, 11) is 0. The van der Waals surface area contributed by atoms with Gasteiger partial charge in [0.05, 0.1) is 6.61 Å². The molecule has 3 aromatic carbocycles. The summed E-state index contributed by atoms with van der Waals surface area (Å²) in [5, 5.41) is 0. The monoisotopic (exact) mass is 464 g/mol. The van der Waals surface area contributed by atoms with E-state index < -0.39 is 11.6 Å². The first-order valence-corrected chi connectivity index (χ1v) is 11.9. The second-order valence-electron chi connectivity index (χ2n) is 8.64. The van der Waals surface area contributed by atoms with E-state index in [1.807, 2.05) is 31.2 Å². The van der Waals surface area contributed by atoms with E-state index in [2.05, 4.69) is 18.8 Å². The van der Waals surface area contributed by atoms with Crippen LogP contribution in [0.4, 0.5) is 13.2 Å². The Kier molecular flexibility index (Phi) is 9.22. The normalized spacial score (nSPS) is 10.6. The Morgan fingerprint density at radius 1 is 0.735 bits per heavy atom. The molecule has 0 fully saturated rings. The molecule has 0 saturated heterocycles. The van der Waals surface area contributed by atoms with Crippen molar-refractivity contribution >= 4 is 0 Å². The van der Waals surface area contributed by atoms with Crippen LogP contribution >= 0.6 is 0 Å². The standard InChI is InChI=1S/C30H31F3O/c1-4-5-6-7-16-34-26-19-29(32)27(30(33)20-26)15-13-24-10-8-23(9-11-24)12-14-25-18-28(31)22(3)17-21(25)2/h8-11,17-20H,4-7,13,15-16H2,1-3H3. The van der Waals surface area contributed by atoms with Crippen molar-refractivity contribution in [1.29, 1.82) is 0 Å². The minimum atomic E-state index is -0.577. The molecule has 0 saturated carbocycles. The van der Waals surface area contributed by atoms with Gasteiger partial charge in [-0.2, -0.15) is 0 Å². The van der Waals surface area contributed by atoms with Gasteiger partial charge in [0, 0.05) is 28.8 Å². The number of halogens is 3. The number of rotatable bonds is 9. The van der Waals surface area contributed by atoms with E-state index in [0.29, 0.717) is 24.2 Å². The Balaban J connectivity index is 1.59. The predicted octanol–water partition coefficient (Wildman–Crippen LogP) is 7.86. The Hall–Kier alpha value is -3.19. The van der Waals surface area contributed by atoms with Gasteiger partial charge in [-0.1, -0.05) is 56.2 Å². The lowest BCUT2D eigenvalue weighted by Gasteiger charge is -2.10. The molecule has 4 heteroatoms. The van der Waals surface area contributed by atoms with Gasteiger partial charge in [0.2, 0.25) is 0 Å². The summed E-state index contributed by atoms with van der Waals surface area (Å²) in [6.45, 7) is 6.23. The lowest BCUT2D eigenvalue weighted by Crippen LogP contribution is -2.03. The zero-order valence-corrected chi connectivity index (χ0v) is 20.1. The maximum absolute atomic E-state index is 14.5. The molecule has 0 N–H and O–H groups in total. The van der Waals surface area contributed by atoms with Crippen molar-refractivity contribution in [2.45, 2.75) is 59.3 Å². The molecule has 0 atom stereocenters. The fraction of sp³-hybridized carbons (Fsp3) is 0.333. The molecule has 0 aliphatic heterocycles. The fourth-order valence-electron chi connectivity index (χ4n) is 3.74. The highest BCUT2D eigenvalue weighted by molar-refractivity contribution is 5.48. The van der Waals surface area contributed by atoms with Crippen LogP contribution in [0.25, 0.3) is 0 Å². The minimum absolute atomic E-state index is 0.0686. The van der Waals surface area contributed by atoms with E-state index in [-0.39, 0.29) is 23.6 Å². The Morgan fingerprint density at radius 3 is 2.12 bits per heavy atom. The Morgan fingerprint density at radius 2 is 1.44 bits per heavy atom. The molecule has 0 aliphatic carbocycles. The summed E-state index contributed by atoms with van der Waals surface area (Å²) in [5.74, 6) is 4.89. The quantitative estimate of drug-likeness (QED) is 0.231. The number of aryl methyl sites for hydroxylation is 3. The van der Waals surface area contributed by atoms with Crippen LogP contribution < -0.4 is 4.74 Å². The minimum Gasteiger partial charge on any atom is -0.493 e. The highest BCUT2D eigenvalue weighted by atomic mass is 19.1. The van der Waals surface area contributed by atoms with Gasteiger partial charge in [0.25, 0.3) is 0 Å². The maximum atomic E-state index is 14.5. The van der Waals surface area contributed by atoms with Crippen molar-refractivity contribution in [3.05, 3.63) is 99.4 Å². The molecule has 0 bridgehead atoms. The van der Waals surface area contributed by atoms with Crippen molar-refractivity contribution in [2.24, 2.45) is 0 Å². The molecule has 0 unspecified atom stereocenters. The van der Waals surface area contributed by atoms with Crippen molar-refractivity contribution in [1.82, 2.24) is 0 Å².